The van der Waals surface area contributed by atoms with Gasteiger partial charge in [-0.2, -0.15) is 5.26 Å². The summed E-state index contributed by atoms with van der Waals surface area (Å²) < 4.78 is 10.6. The number of Topliss-reactive ketones (excluding diaryl/α,β-unsaturated/α-hetero) is 1. The lowest BCUT2D eigenvalue weighted by Gasteiger charge is -2.19. The molecule has 0 aromatic rings. The SMILES string of the molecule is N#CC1(CCC2OCCO2)CCCC1=O. The molecule has 2 fully saturated rings. The Kier molecular flexibility index (Phi) is 3.03. The number of hydrogen-bond donors (Lipinski definition) is 0. The van der Waals surface area contributed by atoms with E-state index in [4.69, 9.17) is 14.7 Å². The minimum absolute atomic E-state index is 0.1000. The Balaban J connectivity index is 1.91. The molecule has 4 nitrogen and oxygen atoms in total. The molecule has 82 valence electrons. The van der Waals surface area contributed by atoms with E-state index in [0.717, 1.165) is 6.42 Å². The molecule has 0 aromatic carbocycles. The van der Waals surface area contributed by atoms with Crippen LogP contribution < -0.4 is 0 Å². The van der Waals surface area contributed by atoms with Crippen LogP contribution in [0.1, 0.15) is 32.1 Å². The first kappa shape index (κ1) is 10.6. The van der Waals surface area contributed by atoms with Gasteiger partial charge in [0.15, 0.2) is 12.1 Å². The minimum atomic E-state index is -0.741. The molecule has 1 atom stereocenters. The van der Waals surface area contributed by atoms with Gasteiger partial charge < -0.3 is 9.47 Å². The molecule has 0 bridgehead atoms. The average Bonchev–Trinajstić information content (AvgIpc) is 2.85. The Morgan fingerprint density at radius 3 is 2.73 bits per heavy atom. The molecule has 15 heavy (non-hydrogen) atoms. The lowest BCUT2D eigenvalue weighted by Crippen LogP contribution is -2.25. The third-order valence-electron chi connectivity index (χ3n) is 3.25. The third-order valence-corrected chi connectivity index (χ3v) is 3.25. The van der Waals surface area contributed by atoms with Crippen molar-refractivity contribution in [3.05, 3.63) is 0 Å². The molecule has 0 N–H and O–H groups in total. The predicted molar refractivity (Wildman–Crippen MR) is 51.8 cm³/mol. The summed E-state index contributed by atoms with van der Waals surface area (Å²) in [4.78, 5) is 11.6. The summed E-state index contributed by atoms with van der Waals surface area (Å²) in [5.41, 5.74) is -0.741. The second-order valence-electron chi connectivity index (χ2n) is 4.18. The van der Waals surface area contributed by atoms with Gasteiger partial charge in [0.2, 0.25) is 0 Å². The molecule has 1 saturated carbocycles. The van der Waals surface area contributed by atoms with Crippen molar-refractivity contribution in [2.45, 2.75) is 38.4 Å². The maximum absolute atomic E-state index is 11.6. The second kappa shape index (κ2) is 4.30. The van der Waals surface area contributed by atoms with Gasteiger partial charge in [0.25, 0.3) is 0 Å². The van der Waals surface area contributed by atoms with Crippen molar-refractivity contribution in [3.8, 4) is 6.07 Å². The predicted octanol–water partition coefficient (Wildman–Crippen LogP) is 1.40. The van der Waals surface area contributed by atoms with Gasteiger partial charge in [-0.05, 0) is 19.3 Å². The van der Waals surface area contributed by atoms with Gasteiger partial charge in [0.05, 0.1) is 19.3 Å². The first-order valence-corrected chi connectivity index (χ1v) is 5.45. The fourth-order valence-electron chi connectivity index (χ4n) is 2.31. The van der Waals surface area contributed by atoms with Crippen LogP contribution in [0.15, 0.2) is 0 Å². The van der Waals surface area contributed by atoms with Crippen LogP contribution in [0.4, 0.5) is 0 Å². The number of ether oxygens (including phenoxy) is 2. The Labute approximate surface area is 89.2 Å². The van der Waals surface area contributed by atoms with E-state index < -0.39 is 5.41 Å². The van der Waals surface area contributed by atoms with Crippen LogP contribution in [-0.2, 0) is 14.3 Å². The molecule has 1 aliphatic carbocycles. The van der Waals surface area contributed by atoms with Gasteiger partial charge in [0.1, 0.15) is 5.41 Å². The van der Waals surface area contributed by atoms with Crippen molar-refractivity contribution in [1.29, 1.82) is 5.26 Å². The molecule has 0 amide bonds. The first-order valence-electron chi connectivity index (χ1n) is 5.45. The maximum atomic E-state index is 11.6. The van der Waals surface area contributed by atoms with Gasteiger partial charge in [-0.15, -0.1) is 0 Å². The molecular formula is C11H15NO3. The minimum Gasteiger partial charge on any atom is -0.350 e. The van der Waals surface area contributed by atoms with Crippen molar-refractivity contribution in [3.63, 3.8) is 0 Å². The molecule has 0 aromatic heterocycles. The van der Waals surface area contributed by atoms with Crippen LogP contribution >= 0.6 is 0 Å². The highest BCUT2D eigenvalue weighted by molar-refractivity contribution is 5.89. The van der Waals surface area contributed by atoms with E-state index >= 15 is 0 Å². The fraction of sp³-hybridized carbons (Fsp3) is 0.818. The molecule has 0 radical (unpaired) electrons. The molecule has 2 aliphatic rings. The van der Waals surface area contributed by atoms with E-state index in [2.05, 4.69) is 6.07 Å². The summed E-state index contributed by atoms with van der Waals surface area (Å²) >= 11 is 0. The molecular weight excluding hydrogens is 194 g/mol. The van der Waals surface area contributed by atoms with Gasteiger partial charge in [-0.25, -0.2) is 0 Å². The normalized spacial score (nSPS) is 32.1. The molecule has 1 unspecified atom stereocenters. The highest BCUT2D eigenvalue weighted by atomic mass is 16.7. The smallest absolute Gasteiger partial charge is 0.157 e. The molecule has 1 aliphatic heterocycles. The van der Waals surface area contributed by atoms with Crippen LogP contribution in [0.3, 0.4) is 0 Å². The summed E-state index contributed by atoms with van der Waals surface area (Å²) in [7, 11) is 0. The van der Waals surface area contributed by atoms with Crippen LogP contribution in [0.2, 0.25) is 0 Å². The number of rotatable bonds is 3. The number of nitriles is 1. The average molecular weight is 209 g/mol. The highest BCUT2D eigenvalue weighted by Gasteiger charge is 2.42. The Bertz CT molecular complexity index is 291. The molecule has 1 heterocycles. The zero-order valence-electron chi connectivity index (χ0n) is 8.70. The standard InChI is InChI=1S/C11H15NO3/c12-8-11(4-1-2-9(11)13)5-3-10-14-6-7-15-10/h10H,1-7H2. The largest absolute Gasteiger partial charge is 0.350 e. The van der Waals surface area contributed by atoms with E-state index in [9.17, 15) is 4.79 Å². The number of carbonyl (C=O) groups is 1. The molecule has 4 heteroatoms. The number of carbonyl (C=O) groups excluding carboxylic acids is 1. The Morgan fingerprint density at radius 2 is 2.20 bits per heavy atom. The maximum Gasteiger partial charge on any atom is 0.157 e. The van der Waals surface area contributed by atoms with Crippen LogP contribution in [0.5, 0.6) is 0 Å². The van der Waals surface area contributed by atoms with Crippen LogP contribution in [0, 0.1) is 16.7 Å². The molecule has 2 rings (SSSR count). The summed E-state index contributed by atoms with van der Waals surface area (Å²) in [5.74, 6) is 0.1000. The van der Waals surface area contributed by atoms with E-state index in [-0.39, 0.29) is 12.1 Å². The lowest BCUT2D eigenvalue weighted by molar-refractivity contribution is -0.124. The Morgan fingerprint density at radius 1 is 1.47 bits per heavy atom. The van der Waals surface area contributed by atoms with Crippen molar-refractivity contribution in [2.24, 2.45) is 5.41 Å². The lowest BCUT2D eigenvalue weighted by atomic mass is 9.82. The summed E-state index contributed by atoms with van der Waals surface area (Å²) in [6.45, 7) is 1.25. The summed E-state index contributed by atoms with van der Waals surface area (Å²) in [6.07, 6.45) is 3.13. The fourth-order valence-corrected chi connectivity index (χ4v) is 2.31. The Hall–Kier alpha value is -0.920. The van der Waals surface area contributed by atoms with Crippen LogP contribution in [0.25, 0.3) is 0 Å². The van der Waals surface area contributed by atoms with Gasteiger partial charge in [-0.3, -0.25) is 4.79 Å². The highest BCUT2D eigenvalue weighted by Crippen LogP contribution is 2.39. The zero-order chi connectivity index (χ0) is 10.7. The summed E-state index contributed by atoms with van der Waals surface area (Å²) in [6, 6.07) is 2.19. The quantitative estimate of drug-likeness (QED) is 0.705. The number of ketones is 1. The van der Waals surface area contributed by atoms with Crippen molar-refractivity contribution in [1.82, 2.24) is 0 Å². The van der Waals surface area contributed by atoms with Crippen molar-refractivity contribution < 1.29 is 14.3 Å². The first-order chi connectivity index (χ1) is 7.27. The van der Waals surface area contributed by atoms with Crippen molar-refractivity contribution in [2.75, 3.05) is 13.2 Å². The van der Waals surface area contributed by atoms with E-state index in [1.54, 1.807) is 0 Å². The van der Waals surface area contributed by atoms with Crippen molar-refractivity contribution >= 4 is 5.78 Å². The topological polar surface area (TPSA) is 59.3 Å². The summed E-state index contributed by atoms with van der Waals surface area (Å²) in [5, 5.41) is 9.11. The molecule has 1 saturated heterocycles. The van der Waals surface area contributed by atoms with E-state index in [0.29, 0.717) is 38.9 Å². The van der Waals surface area contributed by atoms with Gasteiger partial charge in [-0.1, -0.05) is 0 Å². The monoisotopic (exact) mass is 209 g/mol. The number of nitrogens with zero attached hydrogens (tertiary/aromatic N) is 1. The number of hydrogen-bond acceptors (Lipinski definition) is 4. The second-order valence-corrected chi connectivity index (χ2v) is 4.18. The van der Waals surface area contributed by atoms with Gasteiger partial charge in [0, 0.05) is 12.8 Å². The molecule has 0 spiro atoms. The van der Waals surface area contributed by atoms with E-state index in [1.165, 1.54) is 0 Å². The van der Waals surface area contributed by atoms with Crippen LogP contribution in [-0.4, -0.2) is 25.3 Å². The zero-order valence-corrected chi connectivity index (χ0v) is 8.70. The third kappa shape index (κ3) is 2.04. The van der Waals surface area contributed by atoms with E-state index in [1.807, 2.05) is 0 Å². The van der Waals surface area contributed by atoms with Gasteiger partial charge >= 0.3 is 0 Å².